The topological polar surface area (TPSA) is 58.6 Å². The van der Waals surface area contributed by atoms with Crippen molar-refractivity contribution in [3.8, 4) is 0 Å². The molecule has 0 bridgehead atoms. The van der Waals surface area contributed by atoms with E-state index in [4.69, 9.17) is 4.74 Å². The van der Waals surface area contributed by atoms with Crippen LogP contribution in [0.2, 0.25) is 0 Å². The fourth-order valence-corrected chi connectivity index (χ4v) is 5.34. The number of ether oxygens (including phenoxy) is 1. The Morgan fingerprint density at radius 2 is 2.25 bits per heavy atom. The Balaban J connectivity index is 2.27. The molecule has 20 heavy (non-hydrogen) atoms. The summed E-state index contributed by atoms with van der Waals surface area (Å²) in [5.41, 5.74) is 0. The molecule has 1 aromatic heterocycles. The van der Waals surface area contributed by atoms with Gasteiger partial charge in [-0.25, -0.2) is 8.42 Å². The molecule has 1 aliphatic heterocycles. The second-order valence-corrected chi connectivity index (χ2v) is 7.92. The van der Waals surface area contributed by atoms with Crippen molar-refractivity contribution in [2.75, 3.05) is 19.7 Å². The number of nitrogens with one attached hydrogen (secondary N) is 1. The highest BCUT2D eigenvalue weighted by atomic mass is 32.2. The summed E-state index contributed by atoms with van der Waals surface area (Å²) >= 11 is 1.48. The van der Waals surface area contributed by atoms with Crippen LogP contribution >= 0.6 is 11.3 Å². The first-order valence-electron chi connectivity index (χ1n) is 6.87. The van der Waals surface area contributed by atoms with Gasteiger partial charge in [-0.15, -0.1) is 11.3 Å². The second-order valence-electron chi connectivity index (χ2n) is 5.06. The number of hydrogen-bond donors (Lipinski definition) is 1. The van der Waals surface area contributed by atoms with Crippen LogP contribution in [0, 0.1) is 0 Å². The van der Waals surface area contributed by atoms with E-state index in [1.54, 1.807) is 10.4 Å². The van der Waals surface area contributed by atoms with Gasteiger partial charge in [0, 0.05) is 24.0 Å². The molecule has 2 atom stereocenters. The summed E-state index contributed by atoms with van der Waals surface area (Å²) in [5, 5.41) is 5.03. The number of hydrogen-bond acceptors (Lipinski definition) is 5. The lowest BCUT2D eigenvalue weighted by molar-refractivity contribution is -0.0170. The lowest BCUT2D eigenvalue weighted by Gasteiger charge is -2.35. The van der Waals surface area contributed by atoms with Gasteiger partial charge in [-0.3, -0.25) is 0 Å². The maximum absolute atomic E-state index is 12.8. The molecule has 0 saturated carbocycles. The number of sulfonamides is 1. The predicted octanol–water partition coefficient (Wildman–Crippen LogP) is 1.66. The average Bonchev–Trinajstić information content (AvgIpc) is 2.88. The van der Waals surface area contributed by atoms with Crippen molar-refractivity contribution < 1.29 is 13.2 Å². The van der Waals surface area contributed by atoms with Gasteiger partial charge in [0.15, 0.2) is 0 Å². The summed E-state index contributed by atoms with van der Waals surface area (Å²) < 4.78 is 32.8. The van der Waals surface area contributed by atoms with Crippen molar-refractivity contribution in [2.24, 2.45) is 0 Å². The van der Waals surface area contributed by atoms with Crippen LogP contribution in [-0.4, -0.2) is 44.6 Å². The minimum Gasteiger partial charge on any atom is -0.375 e. The van der Waals surface area contributed by atoms with Crippen molar-refractivity contribution in [3.63, 3.8) is 0 Å². The third kappa shape index (κ3) is 3.23. The Kier molecular flexibility index (Phi) is 5.19. The van der Waals surface area contributed by atoms with Gasteiger partial charge >= 0.3 is 0 Å². The monoisotopic (exact) mass is 318 g/mol. The van der Waals surface area contributed by atoms with Crippen LogP contribution in [0.25, 0.3) is 0 Å². The van der Waals surface area contributed by atoms with Crippen molar-refractivity contribution in [1.82, 2.24) is 9.62 Å². The number of thiophene rings is 1. The fourth-order valence-electron chi connectivity index (χ4n) is 2.26. The molecule has 5 nitrogen and oxygen atoms in total. The highest BCUT2D eigenvalue weighted by Gasteiger charge is 2.35. The summed E-state index contributed by atoms with van der Waals surface area (Å²) in [7, 11) is -3.44. The number of rotatable bonds is 5. The first-order valence-corrected chi connectivity index (χ1v) is 9.19. The van der Waals surface area contributed by atoms with E-state index in [1.165, 1.54) is 11.3 Å². The molecular weight excluding hydrogens is 296 g/mol. The van der Waals surface area contributed by atoms with Gasteiger partial charge in [-0.1, -0.05) is 6.92 Å². The molecule has 0 aromatic carbocycles. The van der Waals surface area contributed by atoms with Crippen LogP contribution < -0.4 is 5.32 Å². The first-order chi connectivity index (χ1) is 9.46. The van der Waals surface area contributed by atoms with Gasteiger partial charge in [0.05, 0.1) is 17.6 Å². The van der Waals surface area contributed by atoms with Crippen molar-refractivity contribution >= 4 is 21.4 Å². The van der Waals surface area contributed by atoms with Gasteiger partial charge in [0.1, 0.15) is 0 Å². The van der Waals surface area contributed by atoms with Gasteiger partial charge in [-0.05, 0) is 31.8 Å². The fraction of sp³-hybridized carbons (Fsp3) is 0.692. The van der Waals surface area contributed by atoms with Crippen LogP contribution in [-0.2, 0) is 21.3 Å². The van der Waals surface area contributed by atoms with Gasteiger partial charge in [-0.2, -0.15) is 4.31 Å². The van der Waals surface area contributed by atoms with Gasteiger partial charge in [0.25, 0.3) is 0 Å². The molecule has 0 radical (unpaired) electrons. The molecule has 0 amide bonds. The second kappa shape index (κ2) is 6.53. The van der Waals surface area contributed by atoms with Crippen LogP contribution in [0.5, 0.6) is 0 Å². The molecular formula is C13H22N2O3S2. The lowest BCUT2D eigenvalue weighted by Crippen LogP contribution is -2.50. The molecule has 1 fully saturated rings. The molecule has 1 aliphatic rings. The van der Waals surface area contributed by atoms with Gasteiger partial charge in [0.2, 0.25) is 10.0 Å². The zero-order valence-corrected chi connectivity index (χ0v) is 13.8. The molecule has 0 spiro atoms. The third-order valence-electron chi connectivity index (χ3n) is 3.38. The number of morpholine rings is 1. The summed E-state index contributed by atoms with van der Waals surface area (Å²) in [6.07, 6.45) is -0.0585. The molecule has 114 valence electrons. The maximum Gasteiger partial charge on any atom is 0.244 e. The largest absolute Gasteiger partial charge is 0.375 e. The molecule has 1 saturated heterocycles. The minimum absolute atomic E-state index is 0.0585. The molecule has 2 heterocycles. The van der Waals surface area contributed by atoms with Crippen LogP contribution in [0.1, 0.15) is 25.6 Å². The highest BCUT2D eigenvalue weighted by Crippen LogP contribution is 2.28. The van der Waals surface area contributed by atoms with E-state index in [9.17, 15) is 8.42 Å². The summed E-state index contributed by atoms with van der Waals surface area (Å²) in [4.78, 5) is 1.31. The zero-order valence-electron chi connectivity index (χ0n) is 12.1. The Morgan fingerprint density at radius 1 is 1.50 bits per heavy atom. The van der Waals surface area contributed by atoms with E-state index >= 15 is 0 Å². The van der Waals surface area contributed by atoms with E-state index in [-0.39, 0.29) is 12.1 Å². The highest BCUT2D eigenvalue weighted by molar-refractivity contribution is 7.89. The summed E-state index contributed by atoms with van der Waals surface area (Å²) in [6.45, 7) is 8.08. The quantitative estimate of drug-likeness (QED) is 0.897. The predicted molar refractivity (Wildman–Crippen MR) is 80.5 cm³/mol. The Labute approximate surface area is 125 Å². The zero-order chi connectivity index (χ0) is 14.8. The summed E-state index contributed by atoms with van der Waals surface area (Å²) in [6, 6.07) is 1.59. The maximum atomic E-state index is 12.8. The average molecular weight is 318 g/mol. The third-order valence-corrected chi connectivity index (χ3v) is 6.49. The molecule has 1 N–H and O–H groups in total. The standard InChI is InChI=1S/C13H22N2O3S2/c1-4-14-7-12-13(5-6-19-12)20(16,17)15-8-11(3)18-9-10(15)2/h5-6,10-11,14H,4,7-9H2,1-3H3. The molecule has 7 heteroatoms. The van der Waals surface area contributed by atoms with Crippen molar-refractivity contribution in [1.29, 1.82) is 0 Å². The van der Waals surface area contributed by atoms with Crippen LogP contribution in [0.4, 0.5) is 0 Å². The lowest BCUT2D eigenvalue weighted by atomic mass is 10.2. The first kappa shape index (κ1) is 15.9. The molecule has 1 aromatic rings. The van der Waals surface area contributed by atoms with Gasteiger partial charge < -0.3 is 10.1 Å². The normalized spacial score (nSPS) is 24.9. The van der Waals surface area contributed by atoms with E-state index in [1.807, 2.05) is 26.2 Å². The molecule has 2 unspecified atom stereocenters. The molecule has 0 aliphatic carbocycles. The Hall–Kier alpha value is -0.470. The van der Waals surface area contributed by atoms with E-state index in [0.717, 1.165) is 11.4 Å². The summed E-state index contributed by atoms with van der Waals surface area (Å²) in [5.74, 6) is 0. The van der Waals surface area contributed by atoms with Crippen molar-refractivity contribution in [3.05, 3.63) is 16.3 Å². The van der Waals surface area contributed by atoms with Crippen LogP contribution in [0.3, 0.4) is 0 Å². The van der Waals surface area contributed by atoms with Crippen molar-refractivity contribution in [2.45, 2.75) is 44.4 Å². The number of nitrogens with zero attached hydrogens (tertiary/aromatic N) is 1. The minimum atomic E-state index is -3.44. The van der Waals surface area contributed by atoms with E-state index in [0.29, 0.717) is 24.6 Å². The molecule has 2 rings (SSSR count). The van der Waals surface area contributed by atoms with Crippen LogP contribution in [0.15, 0.2) is 16.3 Å². The Bertz CT molecular complexity index is 542. The van der Waals surface area contributed by atoms with E-state index in [2.05, 4.69) is 5.32 Å². The SMILES string of the molecule is CCNCc1sccc1S(=O)(=O)N1CC(C)OCC1C. The van der Waals surface area contributed by atoms with E-state index < -0.39 is 10.0 Å². The smallest absolute Gasteiger partial charge is 0.244 e. The Morgan fingerprint density at radius 3 is 2.95 bits per heavy atom.